The Labute approximate surface area is 75.2 Å². The summed E-state index contributed by atoms with van der Waals surface area (Å²) in [4.78, 5) is -0.288. The van der Waals surface area contributed by atoms with Gasteiger partial charge in [-0.1, -0.05) is 18.2 Å². The van der Waals surface area contributed by atoms with Crippen molar-refractivity contribution in [2.75, 3.05) is 6.54 Å². The van der Waals surface area contributed by atoms with Gasteiger partial charge in [0, 0.05) is 4.90 Å². The second-order valence-corrected chi connectivity index (χ2v) is 2.24. The van der Waals surface area contributed by atoms with E-state index >= 15 is 0 Å². The second kappa shape index (κ2) is 4.87. The predicted octanol–water partition coefficient (Wildman–Crippen LogP) is 1.74. The highest BCUT2D eigenvalue weighted by Gasteiger charge is 1.86. The highest BCUT2D eigenvalue weighted by atomic mass is 16.8. The first-order valence-corrected chi connectivity index (χ1v) is 3.70. The molecule has 0 atom stereocenters. The Hall–Kier alpha value is -1.91. The van der Waals surface area contributed by atoms with Gasteiger partial charge in [0.15, 0.2) is 0 Å². The minimum Gasteiger partial charge on any atom is -0.418 e. The van der Waals surface area contributed by atoms with Crippen LogP contribution < -0.4 is 0 Å². The van der Waals surface area contributed by atoms with E-state index in [0.29, 0.717) is 5.69 Å². The molecular weight excluding hydrogens is 170 g/mol. The van der Waals surface area contributed by atoms with Crippen LogP contribution in [0, 0.1) is 5.21 Å². The minimum absolute atomic E-state index is 0.0644. The van der Waals surface area contributed by atoms with Gasteiger partial charge in [0.25, 0.3) is 0 Å². The molecule has 1 aromatic rings. The molecular formula is C8H9N3O2. The zero-order valence-electron chi connectivity index (χ0n) is 6.87. The quantitative estimate of drug-likeness (QED) is 0.252. The number of azo groups is 1. The van der Waals surface area contributed by atoms with Crippen LogP contribution in [0.3, 0.4) is 0 Å². The van der Waals surface area contributed by atoms with Crippen LogP contribution in [-0.2, 0) is 0 Å². The van der Waals surface area contributed by atoms with Gasteiger partial charge in [0.05, 0.1) is 5.69 Å². The Kier molecular flexibility index (Phi) is 3.44. The van der Waals surface area contributed by atoms with Crippen LogP contribution in [-0.4, -0.2) is 22.9 Å². The summed E-state index contributed by atoms with van der Waals surface area (Å²) in [6, 6.07) is 9.13. The molecule has 0 fully saturated rings. The molecule has 0 radical (unpaired) electrons. The van der Waals surface area contributed by atoms with E-state index in [1.54, 1.807) is 12.1 Å². The van der Waals surface area contributed by atoms with Crippen molar-refractivity contribution in [3.8, 4) is 0 Å². The van der Waals surface area contributed by atoms with Gasteiger partial charge in [-0.3, -0.25) is 5.21 Å². The lowest BCUT2D eigenvalue weighted by molar-refractivity contribution is -0.723. The number of hydrogen-bond donors (Lipinski definition) is 1. The number of hydrogen-bond acceptors (Lipinski definition) is 4. The monoisotopic (exact) mass is 179 g/mol. The van der Waals surface area contributed by atoms with Crippen molar-refractivity contribution in [2.45, 2.75) is 0 Å². The van der Waals surface area contributed by atoms with Crippen LogP contribution in [0.25, 0.3) is 0 Å². The lowest BCUT2D eigenvalue weighted by Crippen LogP contribution is -1.98. The van der Waals surface area contributed by atoms with Gasteiger partial charge in [0.1, 0.15) is 6.54 Å². The first-order chi connectivity index (χ1) is 6.29. The lowest BCUT2D eigenvalue weighted by Gasteiger charge is -1.87. The Morgan fingerprint density at radius 3 is 2.69 bits per heavy atom. The first-order valence-electron chi connectivity index (χ1n) is 3.70. The van der Waals surface area contributed by atoms with E-state index in [1.165, 1.54) is 0 Å². The molecule has 5 nitrogen and oxygen atoms in total. The summed E-state index contributed by atoms with van der Waals surface area (Å²) in [6.45, 7) is 0.0644. The molecule has 1 aromatic carbocycles. The van der Waals surface area contributed by atoms with Gasteiger partial charge < -0.3 is 5.21 Å². The molecule has 0 aliphatic heterocycles. The maximum Gasteiger partial charge on any atom is 0.233 e. The van der Waals surface area contributed by atoms with Crippen molar-refractivity contribution in [1.29, 1.82) is 0 Å². The SMILES string of the molecule is [O-]/[N+](O)=C\C/N=N/c1ccccc1. The van der Waals surface area contributed by atoms with E-state index in [9.17, 15) is 5.21 Å². The molecule has 13 heavy (non-hydrogen) atoms. The topological polar surface area (TPSA) is 71.0 Å². The van der Waals surface area contributed by atoms with Gasteiger partial charge in [-0.25, -0.2) is 0 Å². The van der Waals surface area contributed by atoms with E-state index in [2.05, 4.69) is 10.2 Å². The van der Waals surface area contributed by atoms with Gasteiger partial charge >= 0.3 is 0 Å². The molecule has 1 rings (SSSR count). The molecule has 0 bridgehead atoms. The largest absolute Gasteiger partial charge is 0.418 e. The van der Waals surface area contributed by atoms with Crippen molar-refractivity contribution in [3.63, 3.8) is 0 Å². The van der Waals surface area contributed by atoms with Gasteiger partial charge in [0.2, 0.25) is 6.21 Å². The molecule has 0 aliphatic carbocycles. The third-order valence-electron chi connectivity index (χ3n) is 1.26. The Morgan fingerprint density at radius 2 is 2.08 bits per heavy atom. The van der Waals surface area contributed by atoms with E-state index in [4.69, 9.17) is 5.21 Å². The average molecular weight is 179 g/mol. The smallest absolute Gasteiger partial charge is 0.233 e. The summed E-state index contributed by atoms with van der Waals surface area (Å²) in [5.41, 5.74) is 0.714. The van der Waals surface area contributed by atoms with Crippen molar-refractivity contribution in [3.05, 3.63) is 35.5 Å². The second-order valence-electron chi connectivity index (χ2n) is 2.24. The summed E-state index contributed by atoms with van der Waals surface area (Å²) in [6.07, 6.45) is 0.965. The number of benzene rings is 1. The lowest BCUT2D eigenvalue weighted by atomic mass is 10.3. The van der Waals surface area contributed by atoms with Crippen LogP contribution in [0.15, 0.2) is 40.6 Å². The first kappa shape index (κ1) is 9.18. The van der Waals surface area contributed by atoms with Crippen LogP contribution >= 0.6 is 0 Å². The summed E-state index contributed by atoms with van der Waals surface area (Å²) >= 11 is 0. The Balaban J connectivity index is 2.46. The molecule has 0 heterocycles. The van der Waals surface area contributed by atoms with Crippen molar-refractivity contribution in [1.82, 2.24) is 0 Å². The van der Waals surface area contributed by atoms with Crippen molar-refractivity contribution < 1.29 is 10.1 Å². The fourth-order valence-corrected chi connectivity index (χ4v) is 0.723. The molecule has 0 aliphatic rings. The normalized spacial score (nSPS) is 12.2. The molecule has 0 unspecified atom stereocenters. The third-order valence-corrected chi connectivity index (χ3v) is 1.26. The standard InChI is InChI=1S/C8H9N3O2/c12-11(13)7-6-9-10-8-4-2-1-3-5-8/h1-5,7H,6H2,(H,12,13)/b10-9+. The van der Waals surface area contributed by atoms with Gasteiger partial charge in [-0.2, -0.15) is 10.2 Å². The zero-order valence-corrected chi connectivity index (χ0v) is 6.87. The van der Waals surface area contributed by atoms with Gasteiger partial charge in [-0.15, -0.1) is 0 Å². The van der Waals surface area contributed by atoms with Crippen LogP contribution in [0.2, 0.25) is 0 Å². The molecule has 0 spiro atoms. The van der Waals surface area contributed by atoms with E-state index < -0.39 is 0 Å². The highest BCUT2D eigenvalue weighted by molar-refractivity contribution is 5.53. The predicted molar refractivity (Wildman–Crippen MR) is 47.3 cm³/mol. The van der Waals surface area contributed by atoms with Crippen LogP contribution in [0.1, 0.15) is 0 Å². The fraction of sp³-hybridized carbons (Fsp3) is 0.125. The zero-order chi connectivity index (χ0) is 9.52. The maximum absolute atomic E-state index is 9.97. The highest BCUT2D eigenvalue weighted by Crippen LogP contribution is 2.09. The third kappa shape index (κ3) is 3.85. The molecule has 0 aromatic heterocycles. The van der Waals surface area contributed by atoms with Crippen LogP contribution in [0.4, 0.5) is 5.69 Å². The van der Waals surface area contributed by atoms with Crippen molar-refractivity contribution in [2.24, 2.45) is 10.2 Å². The maximum atomic E-state index is 9.97. The van der Waals surface area contributed by atoms with Crippen LogP contribution in [0.5, 0.6) is 0 Å². The summed E-state index contributed by atoms with van der Waals surface area (Å²) in [5, 5.41) is 25.6. The van der Waals surface area contributed by atoms with E-state index in [1.807, 2.05) is 18.2 Å². The molecule has 0 saturated heterocycles. The summed E-state index contributed by atoms with van der Waals surface area (Å²) < 4.78 is 0. The van der Waals surface area contributed by atoms with Gasteiger partial charge in [-0.05, 0) is 12.1 Å². The molecule has 0 saturated carbocycles. The van der Waals surface area contributed by atoms with Crippen molar-refractivity contribution >= 4 is 11.9 Å². The summed E-state index contributed by atoms with van der Waals surface area (Å²) in [5.74, 6) is 0. The Bertz CT molecular complexity index is 304. The van der Waals surface area contributed by atoms with E-state index in [-0.39, 0.29) is 11.4 Å². The fourth-order valence-electron chi connectivity index (χ4n) is 0.723. The number of rotatable bonds is 3. The molecule has 5 heteroatoms. The number of nitrogens with zero attached hydrogens (tertiary/aromatic N) is 3. The summed E-state index contributed by atoms with van der Waals surface area (Å²) in [7, 11) is 0. The Morgan fingerprint density at radius 1 is 1.38 bits per heavy atom. The van der Waals surface area contributed by atoms with E-state index in [0.717, 1.165) is 6.21 Å². The average Bonchev–Trinajstić information content (AvgIpc) is 2.14. The molecule has 1 N–H and O–H groups in total. The molecule has 0 amide bonds. The molecule has 68 valence electrons. The minimum atomic E-state index is -0.288.